The van der Waals surface area contributed by atoms with E-state index in [1.165, 1.54) is 12.5 Å². The first kappa shape index (κ1) is 42.9. The van der Waals surface area contributed by atoms with Gasteiger partial charge >= 0.3 is 5.97 Å². The van der Waals surface area contributed by atoms with Crippen LogP contribution in [0, 0.1) is 17.8 Å². The third-order valence-corrected chi connectivity index (χ3v) is 13.7. The molecule has 64 heavy (non-hydrogen) atoms. The fourth-order valence-corrected chi connectivity index (χ4v) is 11.0. The molecular weight excluding hydrogens is 809 g/mol. The molecule has 4 aliphatic rings. The zero-order valence-electron chi connectivity index (χ0n) is 36.6. The second kappa shape index (κ2) is 18.0. The van der Waals surface area contributed by atoms with Crippen molar-refractivity contribution in [1.29, 1.82) is 0 Å². The minimum atomic E-state index is -0.649. The molecule has 0 radical (unpaired) electrons. The van der Waals surface area contributed by atoms with E-state index in [1.54, 1.807) is 12.1 Å². The SMILES string of the molecule is CCNc1ccccc1CC[C@H]1c2ccc(N)nc2C#CCc2cc(O)c(OCCNC)cc2[C@H]2Oc3c(ccc4c3[C@@]3(CC[C@H]1C3)Cc1cc(O)cc(OCO)c1-4)[C@@H]2COC(C)=O. The Kier molecular flexibility index (Phi) is 12.0. The molecule has 4 aromatic carbocycles. The molecule has 7 N–H and O–H groups in total. The number of carbonyl (C=O) groups is 1. The second-order valence-corrected chi connectivity index (χ2v) is 17.5. The van der Waals surface area contributed by atoms with E-state index >= 15 is 0 Å². The maximum atomic E-state index is 12.5. The number of para-hydroxylation sites is 1. The third kappa shape index (κ3) is 8.03. The van der Waals surface area contributed by atoms with Crippen molar-refractivity contribution in [2.24, 2.45) is 5.92 Å². The Balaban J connectivity index is 1.28. The number of carbonyl (C=O) groups excluding carboxylic acids is 1. The molecule has 2 aliphatic heterocycles. The Hall–Kier alpha value is -6.42. The Morgan fingerprint density at radius 1 is 1.00 bits per heavy atom. The van der Waals surface area contributed by atoms with Gasteiger partial charge < -0.3 is 50.6 Å². The molecule has 1 saturated carbocycles. The number of ether oxygens (including phenoxy) is 4. The van der Waals surface area contributed by atoms with Gasteiger partial charge in [-0.15, -0.1) is 0 Å². The highest BCUT2D eigenvalue weighted by atomic mass is 16.6. The molecule has 12 nitrogen and oxygen atoms in total. The summed E-state index contributed by atoms with van der Waals surface area (Å²) >= 11 is 0. The molecule has 4 bridgehead atoms. The van der Waals surface area contributed by atoms with Crippen LogP contribution in [0.5, 0.6) is 28.7 Å². The molecule has 0 unspecified atom stereocenters. The van der Waals surface area contributed by atoms with Crippen molar-refractivity contribution in [2.75, 3.05) is 51.2 Å². The number of hydrogen-bond donors (Lipinski definition) is 6. The van der Waals surface area contributed by atoms with Crippen LogP contribution in [0.4, 0.5) is 11.5 Å². The number of nitrogen functional groups attached to an aromatic ring is 1. The van der Waals surface area contributed by atoms with E-state index in [4.69, 9.17) is 29.7 Å². The van der Waals surface area contributed by atoms with Crippen LogP contribution >= 0.6 is 0 Å². The number of fused-ring (bicyclic) bond motifs is 7. The molecule has 0 amide bonds. The van der Waals surface area contributed by atoms with Crippen LogP contribution in [0.15, 0.2) is 72.8 Å². The Labute approximate surface area is 374 Å². The first-order valence-electron chi connectivity index (χ1n) is 22.4. The van der Waals surface area contributed by atoms with E-state index in [-0.39, 0.29) is 36.4 Å². The van der Waals surface area contributed by atoms with Crippen molar-refractivity contribution < 1.29 is 39.1 Å². The zero-order valence-corrected chi connectivity index (χ0v) is 36.6. The van der Waals surface area contributed by atoms with E-state index < -0.39 is 30.2 Å². The van der Waals surface area contributed by atoms with Gasteiger partial charge in [0.1, 0.15) is 48.1 Å². The number of nitrogens with zero attached hydrogens (tertiary/aromatic N) is 1. The van der Waals surface area contributed by atoms with Crippen molar-refractivity contribution in [3.8, 4) is 51.7 Å². The summed E-state index contributed by atoms with van der Waals surface area (Å²) in [6, 6.07) is 23.5. The summed E-state index contributed by atoms with van der Waals surface area (Å²) in [6.07, 6.45) is 4.40. The highest BCUT2D eigenvalue weighted by Gasteiger charge is 2.52. The highest BCUT2D eigenvalue weighted by Crippen LogP contribution is 2.63. The molecule has 5 aromatic rings. The lowest BCUT2D eigenvalue weighted by Gasteiger charge is -2.40. The molecular formula is C52H56N4O8. The Morgan fingerprint density at radius 2 is 1.84 bits per heavy atom. The normalized spacial score (nSPS) is 21.1. The Morgan fingerprint density at radius 3 is 2.66 bits per heavy atom. The quantitative estimate of drug-likeness (QED) is 0.0294. The molecule has 2 aliphatic carbocycles. The fourth-order valence-electron chi connectivity index (χ4n) is 11.0. The smallest absolute Gasteiger partial charge is 0.302 e. The van der Waals surface area contributed by atoms with Crippen LogP contribution in [0.25, 0.3) is 11.1 Å². The number of rotatable bonds is 13. The number of phenols is 2. The maximum absolute atomic E-state index is 12.5. The molecule has 332 valence electrons. The van der Waals surface area contributed by atoms with Crippen LogP contribution in [0.1, 0.15) is 102 Å². The number of phenolic OH excluding ortho intramolecular Hbond substituents is 2. The van der Waals surface area contributed by atoms with Crippen molar-refractivity contribution in [1.82, 2.24) is 10.3 Å². The van der Waals surface area contributed by atoms with Gasteiger partial charge in [0.05, 0.1) is 5.92 Å². The van der Waals surface area contributed by atoms with Crippen molar-refractivity contribution in [3.05, 3.63) is 117 Å². The number of aryl methyl sites for hydroxylation is 1. The minimum Gasteiger partial charge on any atom is -0.508 e. The number of aromatic nitrogens is 1. The zero-order chi connectivity index (χ0) is 44.5. The standard InChI is InChI=1S/C52H56N4O8/c1-4-55-42-10-6-5-8-31(42)12-13-36-33-18-19-52(26-33)27-34-22-35(59)24-46(63-29-57)48(34)39-15-14-38-41(28-62-30(2)58)50(64-51(38)49(39)52)40-25-45(61-21-20-54-3)44(60)23-32(40)9-7-11-43-37(36)16-17-47(53)56-43/h5-6,8,10,14-17,22-25,33,36,41,50,54-55,57,59-60H,4,9,12-13,18-21,26-29H2,1-3H3,(H2,53,56)/t33-,36+,41-,50+,52+/m0/s1. The van der Waals surface area contributed by atoms with E-state index in [1.807, 2.05) is 25.2 Å². The van der Waals surface area contributed by atoms with Gasteiger partial charge in [-0.25, -0.2) is 4.98 Å². The number of hydrogen-bond acceptors (Lipinski definition) is 12. The summed E-state index contributed by atoms with van der Waals surface area (Å²) in [5.41, 5.74) is 16.1. The molecule has 1 fully saturated rings. The van der Waals surface area contributed by atoms with Crippen LogP contribution in [0.2, 0.25) is 0 Å². The lowest BCUT2D eigenvalue weighted by Crippen LogP contribution is -2.31. The van der Waals surface area contributed by atoms with E-state index in [0.717, 1.165) is 94.6 Å². The average molecular weight is 865 g/mol. The molecule has 9 rings (SSSR count). The number of aromatic hydroxyl groups is 2. The average Bonchev–Trinajstić information content (AvgIpc) is 3.86. The minimum absolute atomic E-state index is 0.0211. The number of likely N-dealkylation sites (N-methyl/N-ethyl adjacent to an activating group) is 1. The van der Waals surface area contributed by atoms with Gasteiger partial charge in [-0.3, -0.25) is 4.79 Å². The number of aliphatic hydroxyl groups excluding tert-OH is 1. The second-order valence-electron chi connectivity index (χ2n) is 17.5. The number of nitrogens with two attached hydrogens (primary N) is 1. The molecule has 12 heteroatoms. The lowest BCUT2D eigenvalue weighted by molar-refractivity contribution is -0.141. The van der Waals surface area contributed by atoms with E-state index in [9.17, 15) is 20.1 Å². The lowest BCUT2D eigenvalue weighted by atomic mass is 9.64. The third-order valence-electron chi connectivity index (χ3n) is 13.7. The molecule has 0 saturated heterocycles. The van der Waals surface area contributed by atoms with E-state index in [0.29, 0.717) is 42.6 Å². The monoisotopic (exact) mass is 864 g/mol. The summed E-state index contributed by atoms with van der Waals surface area (Å²) in [6.45, 7) is 4.71. The van der Waals surface area contributed by atoms with Gasteiger partial charge in [-0.1, -0.05) is 42.3 Å². The van der Waals surface area contributed by atoms with Crippen LogP contribution in [0.3, 0.4) is 0 Å². The van der Waals surface area contributed by atoms with Gasteiger partial charge in [0.25, 0.3) is 0 Å². The van der Waals surface area contributed by atoms with Crippen LogP contribution < -0.4 is 30.6 Å². The van der Waals surface area contributed by atoms with Gasteiger partial charge in [-0.05, 0) is 128 Å². The van der Waals surface area contributed by atoms with Crippen LogP contribution in [-0.4, -0.2) is 66.4 Å². The first-order chi connectivity index (χ1) is 31.1. The molecule has 3 heterocycles. The molecule has 1 aromatic heterocycles. The van der Waals surface area contributed by atoms with E-state index in [2.05, 4.69) is 71.9 Å². The topological polar surface area (TPSA) is 178 Å². The Bertz CT molecular complexity index is 2650. The fraction of sp³-hybridized carbons (Fsp3) is 0.385. The van der Waals surface area contributed by atoms with Crippen molar-refractivity contribution in [3.63, 3.8) is 0 Å². The van der Waals surface area contributed by atoms with Gasteiger partial charge in [0.15, 0.2) is 18.3 Å². The summed E-state index contributed by atoms with van der Waals surface area (Å²) in [7, 11) is 1.84. The number of aliphatic hydroxyl groups is 1. The van der Waals surface area contributed by atoms with Crippen LogP contribution in [-0.2, 0) is 34.2 Å². The summed E-state index contributed by atoms with van der Waals surface area (Å²) in [5, 5.41) is 39.2. The number of nitrogens with one attached hydrogen (secondary N) is 2. The number of esters is 1. The first-order valence-corrected chi connectivity index (χ1v) is 22.4. The highest BCUT2D eigenvalue weighted by molar-refractivity contribution is 5.84. The molecule has 1 spiro atoms. The predicted molar refractivity (Wildman–Crippen MR) is 245 cm³/mol. The summed E-state index contributed by atoms with van der Waals surface area (Å²) < 4.78 is 25.2. The number of pyridine rings is 1. The summed E-state index contributed by atoms with van der Waals surface area (Å²) in [5.74, 6) is 8.14. The number of anilines is 2. The largest absolute Gasteiger partial charge is 0.508 e. The summed E-state index contributed by atoms with van der Waals surface area (Å²) in [4.78, 5) is 17.4. The van der Waals surface area contributed by atoms with Gasteiger partial charge in [-0.2, -0.15) is 0 Å². The van der Waals surface area contributed by atoms with Gasteiger partial charge in [0.2, 0.25) is 0 Å². The predicted octanol–water partition coefficient (Wildman–Crippen LogP) is 7.80. The maximum Gasteiger partial charge on any atom is 0.302 e. The van der Waals surface area contributed by atoms with Crippen molar-refractivity contribution >= 4 is 17.5 Å². The number of benzene rings is 4. The van der Waals surface area contributed by atoms with Gasteiger partial charge in [0, 0.05) is 65.9 Å². The molecule has 5 atom stereocenters. The van der Waals surface area contributed by atoms with Crippen molar-refractivity contribution in [2.45, 2.75) is 82.1 Å².